The minimum atomic E-state index is -4.37. The molecule has 3 N–H and O–H groups in total. The van der Waals surface area contributed by atoms with E-state index in [4.69, 9.17) is 24.3 Å². The number of rotatable bonds is 37. The maximum absolute atomic E-state index is 12.5. The van der Waals surface area contributed by atoms with Crippen LogP contribution in [0.15, 0.2) is 36.5 Å². The molecule has 2 atom stereocenters. The van der Waals surface area contributed by atoms with Crippen LogP contribution in [-0.4, -0.2) is 49.3 Å². The second kappa shape index (κ2) is 37.0. The summed E-state index contributed by atoms with van der Waals surface area (Å²) in [5.74, 6) is -0.849. The van der Waals surface area contributed by atoms with E-state index in [9.17, 15) is 19.0 Å². The molecule has 2 unspecified atom stereocenters. The van der Waals surface area contributed by atoms with Crippen LogP contribution >= 0.6 is 7.82 Å². The predicted molar refractivity (Wildman–Crippen MR) is 206 cm³/mol. The Hall–Kier alpha value is -1.77. The molecule has 292 valence electrons. The predicted octanol–water partition coefficient (Wildman–Crippen LogP) is 11.0. The maximum Gasteiger partial charge on any atom is 0.472 e. The van der Waals surface area contributed by atoms with Gasteiger partial charge in [0.2, 0.25) is 0 Å². The molecule has 0 aromatic heterocycles. The Morgan fingerprint density at radius 2 is 1.04 bits per heavy atom. The molecule has 0 amide bonds. The average Bonchev–Trinajstić information content (AvgIpc) is 3.10. The number of phosphoric ester groups is 1. The molecular weight excluding hydrogens is 653 g/mol. The Bertz CT molecular complexity index is 923. The number of hydrogen-bond donors (Lipinski definition) is 2. The zero-order chi connectivity index (χ0) is 36.8. The van der Waals surface area contributed by atoms with E-state index in [2.05, 4.69) is 50.3 Å². The first kappa shape index (κ1) is 48.2. The Balaban J connectivity index is 4.21. The van der Waals surface area contributed by atoms with Crippen LogP contribution in [-0.2, 0) is 32.7 Å². The fourth-order valence-electron chi connectivity index (χ4n) is 5.25. The molecule has 0 rings (SSSR count). The summed E-state index contributed by atoms with van der Waals surface area (Å²) in [4.78, 5) is 34.7. The van der Waals surface area contributed by atoms with Crippen LogP contribution in [0, 0.1) is 0 Å². The molecule has 0 aliphatic carbocycles. The van der Waals surface area contributed by atoms with Crippen LogP contribution in [0.25, 0.3) is 0 Å². The Morgan fingerprint density at radius 1 is 0.600 bits per heavy atom. The zero-order valence-electron chi connectivity index (χ0n) is 31.9. The first-order valence-electron chi connectivity index (χ1n) is 20.0. The third kappa shape index (κ3) is 36.0. The summed E-state index contributed by atoms with van der Waals surface area (Å²) in [6, 6.07) is 0. The van der Waals surface area contributed by atoms with E-state index >= 15 is 0 Å². The summed E-state index contributed by atoms with van der Waals surface area (Å²) >= 11 is 0. The lowest BCUT2D eigenvalue weighted by Gasteiger charge is -2.19. The molecule has 9 nitrogen and oxygen atoms in total. The third-order valence-electron chi connectivity index (χ3n) is 8.25. The van der Waals surface area contributed by atoms with Gasteiger partial charge in [0, 0.05) is 19.4 Å². The summed E-state index contributed by atoms with van der Waals surface area (Å²) in [6.45, 7) is 3.65. The molecule has 0 saturated carbocycles. The van der Waals surface area contributed by atoms with E-state index in [1.165, 1.54) is 70.6 Å². The normalized spacial score (nSPS) is 13.8. The lowest BCUT2D eigenvalue weighted by molar-refractivity contribution is -0.161. The number of carbonyl (C=O) groups excluding carboxylic acids is 2. The standard InChI is InChI=1S/C40H74NO8P/c1-3-5-7-9-11-13-15-17-18-19-20-21-23-25-27-29-31-33-40(43)49-38(37-48-50(44,45)47-35-34-41)36-46-39(42)32-30-28-26-24-22-16-14-12-10-8-6-4-2/h11-14,17-18,38H,3-10,15-16,19-37,41H2,1-2H3,(H,44,45)/b13-11-,14-12-,18-17-. The second-order valence-electron chi connectivity index (χ2n) is 13.1. The molecule has 0 spiro atoms. The van der Waals surface area contributed by atoms with Gasteiger partial charge in [-0.15, -0.1) is 0 Å². The van der Waals surface area contributed by atoms with Crippen molar-refractivity contribution >= 4 is 19.8 Å². The highest BCUT2D eigenvalue weighted by atomic mass is 31.2. The molecule has 0 aromatic rings. The van der Waals surface area contributed by atoms with E-state index in [1.807, 2.05) is 0 Å². The van der Waals surface area contributed by atoms with E-state index in [-0.39, 0.29) is 32.6 Å². The number of esters is 2. The molecule has 0 aliphatic heterocycles. The SMILES string of the molecule is CCCCC/C=C\C/C=C\CCCCCCCCCC(=O)OC(COC(=O)CCCCCCC/C=C\CCCCC)COP(=O)(O)OCCN. The van der Waals surface area contributed by atoms with Gasteiger partial charge in [-0.2, -0.15) is 0 Å². The Kier molecular flexibility index (Phi) is 35.7. The van der Waals surface area contributed by atoms with Gasteiger partial charge in [0.25, 0.3) is 0 Å². The van der Waals surface area contributed by atoms with E-state index in [0.29, 0.717) is 6.42 Å². The van der Waals surface area contributed by atoms with Crippen molar-refractivity contribution < 1.29 is 37.6 Å². The van der Waals surface area contributed by atoms with E-state index in [1.54, 1.807) is 0 Å². The molecule has 0 fully saturated rings. The smallest absolute Gasteiger partial charge is 0.462 e. The van der Waals surface area contributed by atoms with Crippen LogP contribution in [0.5, 0.6) is 0 Å². The summed E-state index contributed by atoms with van der Waals surface area (Å²) < 4.78 is 32.7. The van der Waals surface area contributed by atoms with Crippen LogP contribution < -0.4 is 5.73 Å². The molecule has 0 aromatic carbocycles. The van der Waals surface area contributed by atoms with Crippen LogP contribution in [0.1, 0.15) is 174 Å². The number of nitrogens with two attached hydrogens (primary N) is 1. The third-order valence-corrected chi connectivity index (χ3v) is 9.23. The van der Waals surface area contributed by atoms with Crippen molar-refractivity contribution in [1.82, 2.24) is 0 Å². The minimum absolute atomic E-state index is 0.0504. The van der Waals surface area contributed by atoms with Crippen molar-refractivity contribution in [3.8, 4) is 0 Å². The Morgan fingerprint density at radius 3 is 1.54 bits per heavy atom. The van der Waals surface area contributed by atoms with Gasteiger partial charge >= 0.3 is 19.8 Å². The quantitative estimate of drug-likeness (QED) is 0.0277. The molecule has 10 heteroatoms. The highest BCUT2D eigenvalue weighted by Gasteiger charge is 2.25. The number of phosphoric acid groups is 1. The summed E-state index contributed by atoms with van der Waals surface area (Å²) in [7, 11) is -4.37. The molecule has 0 aliphatic rings. The van der Waals surface area contributed by atoms with Crippen molar-refractivity contribution in [2.75, 3.05) is 26.4 Å². The second-order valence-corrected chi connectivity index (χ2v) is 14.6. The van der Waals surface area contributed by atoms with Crippen LogP contribution in [0.2, 0.25) is 0 Å². The van der Waals surface area contributed by atoms with Gasteiger partial charge in [-0.3, -0.25) is 18.6 Å². The van der Waals surface area contributed by atoms with Gasteiger partial charge in [0.15, 0.2) is 6.10 Å². The molecule has 50 heavy (non-hydrogen) atoms. The van der Waals surface area contributed by atoms with Gasteiger partial charge in [-0.05, 0) is 70.6 Å². The molecule has 0 radical (unpaired) electrons. The number of ether oxygens (including phenoxy) is 2. The first-order chi connectivity index (χ1) is 24.3. The number of carbonyl (C=O) groups is 2. The number of hydrogen-bond acceptors (Lipinski definition) is 8. The van der Waals surface area contributed by atoms with Gasteiger partial charge in [-0.25, -0.2) is 4.57 Å². The molecular formula is C40H74NO8P. The Labute approximate surface area is 305 Å². The van der Waals surface area contributed by atoms with Crippen molar-refractivity contribution in [3.63, 3.8) is 0 Å². The topological polar surface area (TPSA) is 134 Å². The highest BCUT2D eigenvalue weighted by molar-refractivity contribution is 7.47. The van der Waals surface area contributed by atoms with Gasteiger partial charge in [0.1, 0.15) is 6.61 Å². The summed E-state index contributed by atoms with van der Waals surface area (Å²) in [6.07, 6.45) is 38.8. The van der Waals surface area contributed by atoms with Crippen LogP contribution in [0.3, 0.4) is 0 Å². The maximum atomic E-state index is 12.5. The van der Waals surface area contributed by atoms with Crippen LogP contribution in [0.4, 0.5) is 0 Å². The fourth-order valence-corrected chi connectivity index (χ4v) is 6.01. The van der Waals surface area contributed by atoms with Gasteiger partial charge in [0.05, 0.1) is 13.2 Å². The van der Waals surface area contributed by atoms with Crippen molar-refractivity contribution in [2.45, 2.75) is 180 Å². The molecule has 0 saturated heterocycles. The van der Waals surface area contributed by atoms with E-state index in [0.717, 1.165) is 70.6 Å². The minimum Gasteiger partial charge on any atom is -0.462 e. The number of allylic oxidation sites excluding steroid dienone is 6. The highest BCUT2D eigenvalue weighted by Crippen LogP contribution is 2.43. The average molecular weight is 728 g/mol. The van der Waals surface area contributed by atoms with Crippen molar-refractivity contribution in [3.05, 3.63) is 36.5 Å². The first-order valence-corrected chi connectivity index (χ1v) is 21.5. The van der Waals surface area contributed by atoms with Crippen molar-refractivity contribution in [2.24, 2.45) is 5.73 Å². The van der Waals surface area contributed by atoms with Gasteiger partial charge < -0.3 is 20.1 Å². The monoisotopic (exact) mass is 728 g/mol. The van der Waals surface area contributed by atoms with Gasteiger partial charge in [-0.1, -0.05) is 127 Å². The molecule has 0 heterocycles. The lowest BCUT2D eigenvalue weighted by Crippen LogP contribution is -2.29. The van der Waals surface area contributed by atoms with E-state index < -0.39 is 32.5 Å². The number of unbranched alkanes of at least 4 members (excludes halogenated alkanes) is 18. The summed E-state index contributed by atoms with van der Waals surface area (Å²) in [5, 5.41) is 0. The van der Waals surface area contributed by atoms with Crippen molar-refractivity contribution in [1.29, 1.82) is 0 Å². The summed E-state index contributed by atoms with van der Waals surface area (Å²) in [5.41, 5.74) is 5.33. The molecule has 0 bridgehead atoms. The fraction of sp³-hybridized carbons (Fsp3) is 0.800. The lowest BCUT2D eigenvalue weighted by atomic mass is 10.1. The largest absolute Gasteiger partial charge is 0.472 e. The zero-order valence-corrected chi connectivity index (χ0v) is 32.8.